The second-order valence-electron chi connectivity index (χ2n) is 7.87. The van der Waals surface area contributed by atoms with Crippen molar-refractivity contribution in [3.05, 3.63) is 71.1 Å². The smallest absolute Gasteiger partial charge is 0.312 e. The zero-order valence-electron chi connectivity index (χ0n) is 18.0. The van der Waals surface area contributed by atoms with Crippen molar-refractivity contribution in [2.45, 2.75) is 44.9 Å². The molecule has 0 spiro atoms. The Labute approximate surface area is 207 Å². The number of hydrogen-bond donors (Lipinski definition) is 0. The topological polar surface area (TPSA) is 99.6 Å². The molecule has 172 valence electrons. The van der Waals surface area contributed by atoms with Crippen LogP contribution in [-0.2, 0) is 0 Å². The third-order valence-electron chi connectivity index (χ3n) is 5.66. The number of nitro benzene ring substituents is 1. The predicted molar refractivity (Wildman–Crippen MR) is 134 cm³/mol. The lowest BCUT2D eigenvalue weighted by atomic mass is 9.88. The molecule has 0 amide bonds. The molecule has 0 saturated heterocycles. The highest BCUT2D eigenvalue weighted by Gasteiger charge is 2.23. The van der Waals surface area contributed by atoms with E-state index in [0.717, 1.165) is 30.2 Å². The van der Waals surface area contributed by atoms with Crippen molar-refractivity contribution in [1.29, 1.82) is 0 Å². The number of benzene rings is 2. The van der Waals surface area contributed by atoms with Gasteiger partial charge in [0.15, 0.2) is 0 Å². The average Bonchev–Trinajstić information content (AvgIpc) is 2.80. The van der Waals surface area contributed by atoms with Gasteiger partial charge in [0.2, 0.25) is 5.75 Å². The normalized spacial score (nSPS) is 14.8. The van der Waals surface area contributed by atoms with Crippen molar-refractivity contribution in [3.8, 4) is 5.75 Å². The lowest BCUT2D eigenvalue weighted by Gasteiger charge is -2.22. The fourth-order valence-corrected chi connectivity index (χ4v) is 5.07. The Hall–Kier alpha value is -2.59. The van der Waals surface area contributed by atoms with Crippen LogP contribution in [0.25, 0.3) is 10.9 Å². The number of nitro groups is 1. The summed E-state index contributed by atoms with van der Waals surface area (Å²) in [4.78, 5) is 29.3. The predicted octanol–water partition coefficient (Wildman–Crippen LogP) is 6.16. The number of fused-ring (bicyclic) bond motifs is 1. The molecule has 2 aromatic carbocycles. The third-order valence-corrected chi connectivity index (χ3v) is 6.74. The quantitative estimate of drug-likeness (QED) is 0.198. The van der Waals surface area contributed by atoms with Crippen molar-refractivity contribution in [2.75, 3.05) is 6.61 Å². The van der Waals surface area contributed by atoms with Crippen LogP contribution in [0.1, 0.15) is 56.3 Å². The minimum atomic E-state index is -0.498. The summed E-state index contributed by atoms with van der Waals surface area (Å²) in [5.74, 6) is 0.931. The van der Waals surface area contributed by atoms with E-state index >= 15 is 0 Å². The molecule has 10 heteroatoms. The minimum absolute atomic E-state index is 0.137. The van der Waals surface area contributed by atoms with Crippen LogP contribution < -0.4 is 10.3 Å². The molecule has 1 saturated carbocycles. The van der Waals surface area contributed by atoms with Gasteiger partial charge in [-0.1, -0.05) is 35.2 Å². The number of rotatable bonds is 6. The lowest BCUT2D eigenvalue weighted by molar-refractivity contribution is -0.385. The van der Waals surface area contributed by atoms with Crippen molar-refractivity contribution < 1.29 is 9.66 Å². The molecule has 1 aliphatic carbocycles. The van der Waals surface area contributed by atoms with Crippen LogP contribution in [0.15, 0.2) is 49.2 Å². The van der Waals surface area contributed by atoms with Gasteiger partial charge in [0.05, 0.1) is 33.1 Å². The first kappa shape index (κ1) is 23.6. The average molecular weight is 578 g/mol. The monoisotopic (exact) mass is 576 g/mol. The molecule has 3 aromatic rings. The van der Waals surface area contributed by atoms with Crippen LogP contribution >= 0.6 is 31.9 Å². The number of hydrogen-bond acceptors (Lipinski definition) is 6. The maximum atomic E-state index is 13.4. The van der Waals surface area contributed by atoms with Crippen molar-refractivity contribution in [3.63, 3.8) is 0 Å². The Morgan fingerprint density at radius 1 is 1.24 bits per heavy atom. The summed E-state index contributed by atoms with van der Waals surface area (Å²) in [6, 6.07) is 8.49. The van der Waals surface area contributed by atoms with E-state index in [1.807, 2.05) is 12.1 Å². The summed E-state index contributed by atoms with van der Waals surface area (Å²) in [6.45, 7) is 2.06. The highest BCUT2D eigenvalue weighted by Crippen LogP contribution is 2.36. The number of aromatic nitrogens is 2. The zero-order valence-corrected chi connectivity index (χ0v) is 21.1. The van der Waals surface area contributed by atoms with Gasteiger partial charge in [0.25, 0.3) is 5.56 Å². The molecular weight excluding hydrogens is 556 g/mol. The molecule has 1 heterocycles. The van der Waals surface area contributed by atoms with Crippen LogP contribution in [0, 0.1) is 10.1 Å². The molecule has 1 aromatic heterocycles. The first-order chi connectivity index (χ1) is 15.9. The van der Waals surface area contributed by atoms with E-state index in [1.165, 1.54) is 23.4 Å². The summed E-state index contributed by atoms with van der Waals surface area (Å²) in [6.07, 6.45) is 6.69. The van der Waals surface area contributed by atoms with E-state index in [2.05, 4.69) is 37.0 Å². The molecule has 33 heavy (non-hydrogen) atoms. The minimum Gasteiger partial charge on any atom is -0.486 e. The fraction of sp³-hybridized carbons (Fsp3) is 0.348. The molecule has 0 unspecified atom stereocenters. The van der Waals surface area contributed by atoms with Crippen molar-refractivity contribution >= 4 is 54.7 Å². The van der Waals surface area contributed by atoms with Crippen LogP contribution in [0.5, 0.6) is 5.75 Å². The molecule has 1 aliphatic rings. The van der Waals surface area contributed by atoms with Gasteiger partial charge in [-0.2, -0.15) is 9.78 Å². The summed E-state index contributed by atoms with van der Waals surface area (Å²) in [5, 5.41) is 16.5. The zero-order chi connectivity index (χ0) is 23.5. The van der Waals surface area contributed by atoms with E-state index in [4.69, 9.17) is 9.72 Å². The van der Waals surface area contributed by atoms with Crippen LogP contribution in [0.3, 0.4) is 0 Å². The Morgan fingerprint density at radius 3 is 2.70 bits per heavy atom. The van der Waals surface area contributed by atoms with E-state index < -0.39 is 4.92 Å². The van der Waals surface area contributed by atoms with E-state index in [9.17, 15) is 14.9 Å². The van der Waals surface area contributed by atoms with E-state index in [1.54, 1.807) is 19.1 Å². The van der Waals surface area contributed by atoms with Crippen LogP contribution in [-0.4, -0.2) is 27.4 Å². The van der Waals surface area contributed by atoms with E-state index in [0.29, 0.717) is 33.4 Å². The van der Waals surface area contributed by atoms with Gasteiger partial charge in [-0.05, 0) is 60.0 Å². The van der Waals surface area contributed by atoms with Gasteiger partial charge < -0.3 is 4.74 Å². The van der Waals surface area contributed by atoms with Gasteiger partial charge in [-0.15, -0.1) is 0 Å². The molecule has 1 fully saturated rings. The van der Waals surface area contributed by atoms with Crippen LogP contribution in [0.4, 0.5) is 5.69 Å². The largest absolute Gasteiger partial charge is 0.486 e. The Bertz CT molecular complexity index is 1300. The summed E-state index contributed by atoms with van der Waals surface area (Å²) in [7, 11) is 0. The number of halogens is 2. The van der Waals surface area contributed by atoms with Gasteiger partial charge in [-0.3, -0.25) is 14.9 Å². The molecule has 0 aliphatic heterocycles. The molecular formula is C23H22Br2N4O4. The second kappa shape index (κ2) is 10.1. The Kier molecular flexibility index (Phi) is 7.23. The standard InChI is InChI=1S/C23H22Br2N4O4/c1-2-33-21-18(25)10-14(11-20(21)29(31)32)13-26-28-22(15-6-4-3-5-7-15)27-19-9-8-16(24)12-17(19)23(28)30/h8-13,15H,2-7H2,1H3. The Balaban J connectivity index is 1.84. The molecule has 0 bridgehead atoms. The van der Waals surface area contributed by atoms with Gasteiger partial charge in [-0.25, -0.2) is 4.98 Å². The van der Waals surface area contributed by atoms with Crippen molar-refractivity contribution in [2.24, 2.45) is 5.10 Å². The summed E-state index contributed by atoms with van der Waals surface area (Å²) < 4.78 is 7.99. The number of nitrogens with zero attached hydrogens (tertiary/aromatic N) is 4. The van der Waals surface area contributed by atoms with Gasteiger partial charge in [0, 0.05) is 22.0 Å². The lowest BCUT2D eigenvalue weighted by Crippen LogP contribution is -2.25. The van der Waals surface area contributed by atoms with Gasteiger partial charge in [0.1, 0.15) is 5.82 Å². The molecule has 4 rings (SSSR count). The highest BCUT2D eigenvalue weighted by molar-refractivity contribution is 9.10. The maximum absolute atomic E-state index is 13.4. The van der Waals surface area contributed by atoms with E-state index in [-0.39, 0.29) is 22.9 Å². The van der Waals surface area contributed by atoms with Crippen molar-refractivity contribution in [1.82, 2.24) is 9.66 Å². The third kappa shape index (κ3) is 5.01. The summed E-state index contributed by atoms with van der Waals surface area (Å²) >= 11 is 6.76. The first-order valence-corrected chi connectivity index (χ1v) is 12.3. The second-order valence-corrected chi connectivity index (χ2v) is 9.64. The molecule has 0 atom stereocenters. The molecule has 0 radical (unpaired) electrons. The Morgan fingerprint density at radius 2 is 2.00 bits per heavy atom. The molecule has 0 N–H and O–H groups in total. The number of ether oxygens (including phenoxy) is 1. The first-order valence-electron chi connectivity index (χ1n) is 10.8. The maximum Gasteiger partial charge on any atom is 0.312 e. The highest BCUT2D eigenvalue weighted by atomic mass is 79.9. The SMILES string of the molecule is CCOc1c(Br)cc(C=Nn2c(C3CCCCC3)nc3ccc(Br)cc3c2=O)cc1[N+](=O)[O-]. The fourth-order valence-electron chi connectivity index (χ4n) is 4.12. The molecule has 8 nitrogen and oxygen atoms in total. The van der Waals surface area contributed by atoms with Gasteiger partial charge >= 0.3 is 5.69 Å². The van der Waals surface area contributed by atoms with Crippen LogP contribution in [0.2, 0.25) is 0 Å². The summed E-state index contributed by atoms with van der Waals surface area (Å²) in [5.41, 5.74) is 0.660.